The minimum Gasteiger partial charge on any atom is -0.350 e. The molecule has 7 heteroatoms. The van der Waals surface area contributed by atoms with Crippen molar-refractivity contribution in [2.75, 3.05) is 6.54 Å². The number of nitrogens with one attached hydrogen (secondary N) is 2. The predicted octanol–water partition coefficient (Wildman–Crippen LogP) is 4.18. The molecule has 0 saturated heterocycles. The summed E-state index contributed by atoms with van der Waals surface area (Å²) in [5.41, 5.74) is 9.13. The van der Waals surface area contributed by atoms with Gasteiger partial charge >= 0.3 is 0 Å². The van der Waals surface area contributed by atoms with Crippen molar-refractivity contribution >= 4 is 33.9 Å². The minimum atomic E-state index is -0.697. The van der Waals surface area contributed by atoms with E-state index in [4.69, 9.17) is 5.73 Å². The number of nitrogens with zero attached hydrogens (tertiary/aromatic N) is 1. The van der Waals surface area contributed by atoms with Crippen LogP contribution in [-0.2, 0) is 22.4 Å². The van der Waals surface area contributed by atoms with E-state index in [-0.39, 0.29) is 11.9 Å². The summed E-state index contributed by atoms with van der Waals surface area (Å²) < 4.78 is 1.09. The van der Waals surface area contributed by atoms with Crippen molar-refractivity contribution < 1.29 is 9.59 Å². The third-order valence-electron chi connectivity index (χ3n) is 5.04. The second-order valence-corrected chi connectivity index (χ2v) is 9.48. The van der Waals surface area contributed by atoms with Crippen molar-refractivity contribution in [1.82, 2.24) is 15.6 Å². The summed E-state index contributed by atoms with van der Waals surface area (Å²) in [5, 5.41) is 6.41. The number of fused-ring (bicyclic) bond motifs is 1. The molecule has 0 fully saturated rings. The molecule has 1 aromatic heterocycles. The van der Waals surface area contributed by atoms with Gasteiger partial charge in [0.15, 0.2) is 0 Å². The van der Waals surface area contributed by atoms with Crippen molar-refractivity contribution in [3.63, 3.8) is 0 Å². The van der Waals surface area contributed by atoms with Gasteiger partial charge in [0, 0.05) is 19.0 Å². The number of amides is 2. The first-order valence-corrected chi connectivity index (χ1v) is 12.4. The summed E-state index contributed by atoms with van der Waals surface area (Å²) in [4.78, 5) is 28.6. The van der Waals surface area contributed by atoms with E-state index in [0.29, 0.717) is 31.7 Å². The quantitative estimate of drug-likeness (QED) is 0.389. The number of nitrogens with two attached hydrogens (primary N) is 1. The molecule has 1 heterocycles. The molecule has 2 amide bonds. The predicted molar refractivity (Wildman–Crippen MR) is 137 cm³/mol. The Morgan fingerprint density at radius 2 is 1.82 bits per heavy atom. The van der Waals surface area contributed by atoms with E-state index < -0.39 is 6.04 Å². The number of aromatic nitrogens is 1. The van der Waals surface area contributed by atoms with E-state index >= 15 is 0 Å². The standard InChI is InChI=1S/C23H28N4O2S.C3H8/c1-15(2)17-8-9-19-21(11-17)30-22(27-19)12-20(25-14-28)23(29)26-18(13-24)10-16-6-4-3-5-7-16;1-3-2/h3-9,11,14-15,18,20H,10,12-13,24H2,1-2H3,(H,25,28)(H,26,29);3H2,1-2H3. The molecule has 6 nitrogen and oxygen atoms in total. The van der Waals surface area contributed by atoms with Crippen LogP contribution in [0.25, 0.3) is 10.2 Å². The average molecular weight is 469 g/mol. The van der Waals surface area contributed by atoms with Crippen LogP contribution in [0.4, 0.5) is 0 Å². The van der Waals surface area contributed by atoms with Gasteiger partial charge in [0.2, 0.25) is 12.3 Å². The molecule has 0 radical (unpaired) electrons. The normalized spacial score (nSPS) is 12.5. The van der Waals surface area contributed by atoms with Crippen LogP contribution in [0.5, 0.6) is 0 Å². The Balaban J connectivity index is 0.00000122. The summed E-state index contributed by atoms with van der Waals surface area (Å²) in [6.07, 6.45) is 2.78. The van der Waals surface area contributed by atoms with Gasteiger partial charge in [-0.15, -0.1) is 11.3 Å². The summed E-state index contributed by atoms with van der Waals surface area (Å²) in [6.45, 7) is 8.87. The fourth-order valence-corrected chi connectivity index (χ4v) is 4.37. The van der Waals surface area contributed by atoms with Gasteiger partial charge in [-0.3, -0.25) is 9.59 Å². The maximum Gasteiger partial charge on any atom is 0.243 e. The van der Waals surface area contributed by atoms with Crippen LogP contribution in [0.3, 0.4) is 0 Å². The molecule has 0 aliphatic heterocycles. The lowest BCUT2D eigenvalue weighted by Gasteiger charge is -2.21. The summed E-state index contributed by atoms with van der Waals surface area (Å²) in [6, 6.07) is 15.2. The lowest BCUT2D eigenvalue weighted by atomic mass is 10.0. The summed E-state index contributed by atoms with van der Waals surface area (Å²) in [5.74, 6) is 0.184. The van der Waals surface area contributed by atoms with Crippen LogP contribution in [0.2, 0.25) is 0 Å². The summed E-state index contributed by atoms with van der Waals surface area (Å²) >= 11 is 1.56. The van der Waals surface area contributed by atoms with Crippen LogP contribution < -0.4 is 16.4 Å². The number of carbonyl (C=O) groups excluding carboxylic acids is 2. The third-order valence-corrected chi connectivity index (χ3v) is 6.08. The van der Waals surface area contributed by atoms with Crippen LogP contribution in [-0.4, -0.2) is 35.9 Å². The molecule has 0 aliphatic rings. The molecule has 3 rings (SSSR count). The highest BCUT2D eigenvalue weighted by molar-refractivity contribution is 7.18. The number of benzene rings is 2. The fourth-order valence-electron chi connectivity index (χ4n) is 3.31. The van der Waals surface area contributed by atoms with Crippen LogP contribution in [0.15, 0.2) is 48.5 Å². The molecule has 178 valence electrons. The first kappa shape index (κ1) is 26.5. The SMILES string of the molecule is CC(C)c1ccc2nc(CC(NC=O)C(=O)NC(CN)Cc3ccccc3)sc2c1.CCC. The topological polar surface area (TPSA) is 97.1 Å². The Hall–Kier alpha value is -2.77. The molecule has 3 aromatic rings. The van der Waals surface area contributed by atoms with E-state index in [0.717, 1.165) is 20.8 Å². The van der Waals surface area contributed by atoms with Crippen molar-refractivity contribution in [1.29, 1.82) is 0 Å². The molecule has 4 N–H and O–H groups in total. The van der Waals surface area contributed by atoms with Gasteiger partial charge in [-0.2, -0.15) is 0 Å². The molecule has 0 bridgehead atoms. The van der Waals surface area contributed by atoms with Crippen LogP contribution in [0, 0.1) is 0 Å². The zero-order valence-corrected chi connectivity index (χ0v) is 20.8. The lowest BCUT2D eigenvalue weighted by Crippen LogP contribution is -2.51. The number of rotatable bonds is 10. The highest BCUT2D eigenvalue weighted by Gasteiger charge is 2.23. The van der Waals surface area contributed by atoms with E-state index in [1.165, 1.54) is 12.0 Å². The van der Waals surface area contributed by atoms with Gasteiger partial charge in [0.1, 0.15) is 6.04 Å². The molecule has 2 aromatic carbocycles. The number of hydrogen-bond donors (Lipinski definition) is 3. The average Bonchev–Trinajstić information content (AvgIpc) is 3.21. The largest absolute Gasteiger partial charge is 0.350 e. The number of hydrogen-bond acceptors (Lipinski definition) is 5. The van der Waals surface area contributed by atoms with Crippen molar-refractivity contribution in [3.8, 4) is 0 Å². The second-order valence-electron chi connectivity index (χ2n) is 8.37. The van der Waals surface area contributed by atoms with E-state index in [9.17, 15) is 9.59 Å². The zero-order chi connectivity index (χ0) is 24.2. The zero-order valence-electron chi connectivity index (χ0n) is 20.0. The van der Waals surface area contributed by atoms with E-state index in [1.807, 2.05) is 36.4 Å². The molecule has 0 aliphatic carbocycles. The van der Waals surface area contributed by atoms with Gasteiger partial charge in [-0.1, -0.05) is 70.5 Å². The Bertz CT molecular complexity index is 1000. The van der Waals surface area contributed by atoms with Gasteiger partial charge < -0.3 is 16.4 Å². The molecular formula is C26H36N4O2S. The summed E-state index contributed by atoms with van der Waals surface area (Å²) in [7, 11) is 0. The maximum absolute atomic E-state index is 12.8. The molecule has 33 heavy (non-hydrogen) atoms. The van der Waals surface area contributed by atoms with Crippen molar-refractivity contribution in [2.24, 2.45) is 5.73 Å². The Morgan fingerprint density at radius 3 is 2.42 bits per heavy atom. The highest BCUT2D eigenvalue weighted by Crippen LogP contribution is 2.27. The Kier molecular flexibility index (Phi) is 11.0. The van der Waals surface area contributed by atoms with Crippen molar-refractivity contribution in [2.45, 2.75) is 65.0 Å². The number of carbonyl (C=O) groups is 2. The minimum absolute atomic E-state index is 0.209. The van der Waals surface area contributed by atoms with Gasteiger partial charge in [0.05, 0.1) is 15.2 Å². The molecule has 2 atom stereocenters. The van der Waals surface area contributed by atoms with Gasteiger partial charge in [0.25, 0.3) is 0 Å². The van der Waals surface area contributed by atoms with E-state index in [2.05, 4.69) is 55.4 Å². The first-order chi connectivity index (χ1) is 15.9. The maximum atomic E-state index is 12.8. The Labute approximate surface area is 201 Å². The second kappa shape index (κ2) is 13.7. The van der Waals surface area contributed by atoms with E-state index in [1.54, 1.807) is 11.3 Å². The third kappa shape index (κ3) is 8.26. The van der Waals surface area contributed by atoms with Gasteiger partial charge in [-0.25, -0.2) is 4.98 Å². The molecule has 0 spiro atoms. The molecular weight excluding hydrogens is 432 g/mol. The van der Waals surface area contributed by atoms with Crippen LogP contribution in [0.1, 0.15) is 56.2 Å². The molecule has 0 saturated carbocycles. The lowest BCUT2D eigenvalue weighted by molar-refractivity contribution is -0.125. The number of thiazole rings is 1. The first-order valence-electron chi connectivity index (χ1n) is 11.5. The molecule has 2 unspecified atom stereocenters. The van der Waals surface area contributed by atoms with Crippen molar-refractivity contribution in [3.05, 3.63) is 64.7 Å². The Morgan fingerprint density at radius 1 is 1.12 bits per heavy atom. The smallest absolute Gasteiger partial charge is 0.243 e. The van der Waals surface area contributed by atoms with Gasteiger partial charge in [-0.05, 0) is 35.6 Å². The fraction of sp³-hybridized carbons (Fsp3) is 0.423. The highest BCUT2D eigenvalue weighted by atomic mass is 32.1. The van der Waals surface area contributed by atoms with Crippen LogP contribution >= 0.6 is 11.3 Å². The monoisotopic (exact) mass is 468 g/mol.